The number of aryl methyl sites for hydroxylation is 1. The molecule has 2 aromatic heterocycles. The van der Waals surface area contributed by atoms with Gasteiger partial charge in [0.2, 0.25) is 0 Å². The second kappa shape index (κ2) is 4.29. The standard InChI is InChI=1S/C11H18N6/c1-11(2,3)12-7-9-8-17(15-13-9)10-5-6-16(4)14-10/h5-6,8,12H,7H2,1-4H3. The van der Waals surface area contributed by atoms with E-state index in [1.54, 1.807) is 9.36 Å². The molecule has 0 bridgehead atoms. The van der Waals surface area contributed by atoms with Gasteiger partial charge in [-0.2, -0.15) is 5.10 Å². The van der Waals surface area contributed by atoms with Crippen molar-refractivity contribution in [3.8, 4) is 5.82 Å². The molecule has 0 aliphatic heterocycles. The van der Waals surface area contributed by atoms with Gasteiger partial charge in [0.25, 0.3) is 0 Å². The van der Waals surface area contributed by atoms with E-state index in [4.69, 9.17) is 0 Å². The summed E-state index contributed by atoms with van der Waals surface area (Å²) in [5.41, 5.74) is 0.986. The fourth-order valence-corrected chi connectivity index (χ4v) is 1.37. The Balaban J connectivity index is 2.06. The Morgan fingerprint density at radius 1 is 1.35 bits per heavy atom. The lowest BCUT2D eigenvalue weighted by Gasteiger charge is -2.19. The van der Waals surface area contributed by atoms with E-state index in [1.807, 2.05) is 25.5 Å². The molecule has 17 heavy (non-hydrogen) atoms. The summed E-state index contributed by atoms with van der Waals surface area (Å²) in [5.74, 6) is 0.780. The minimum atomic E-state index is 0.0782. The summed E-state index contributed by atoms with van der Waals surface area (Å²) in [6, 6.07) is 1.90. The first kappa shape index (κ1) is 11.8. The van der Waals surface area contributed by atoms with Crippen LogP contribution in [0.3, 0.4) is 0 Å². The average Bonchev–Trinajstić information content (AvgIpc) is 2.81. The van der Waals surface area contributed by atoms with Crippen LogP contribution in [0.4, 0.5) is 0 Å². The smallest absolute Gasteiger partial charge is 0.176 e. The maximum atomic E-state index is 4.26. The molecule has 0 saturated heterocycles. The summed E-state index contributed by atoms with van der Waals surface area (Å²) in [5, 5.41) is 15.8. The van der Waals surface area contributed by atoms with E-state index in [-0.39, 0.29) is 5.54 Å². The maximum absolute atomic E-state index is 4.26. The van der Waals surface area contributed by atoms with Crippen LogP contribution in [0, 0.1) is 0 Å². The lowest BCUT2D eigenvalue weighted by Crippen LogP contribution is -2.35. The van der Waals surface area contributed by atoms with E-state index in [2.05, 4.69) is 41.5 Å². The lowest BCUT2D eigenvalue weighted by molar-refractivity contribution is 0.421. The second-order valence-electron chi connectivity index (χ2n) is 5.11. The van der Waals surface area contributed by atoms with Crippen LogP contribution in [0.25, 0.3) is 5.82 Å². The zero-order chi connectivity index (χ0) is 12.5. The van der Waals surface area contributed by atoms with Crippen LogP contribution in [-0.2, 0) is 13.6 Å². The van der Waals surface area contributed by atoms with Gasteiger partial charge in [0.15, 0.2) is 5.82 Å². The van der Waals surface area contributed by atoms with Crippen LogP contribution in [0.15, 0.2) is 18.5 Å². The Labute approximate surface area is 101 Å². The molecular formula is C11H18N6. The molecule has 0 aromatic carbocycles. The van der Waals surface area contributed by atoms with Crippen LogP contribution in [0.2, 0.25) is 0 Å². The Bertz CT molecular complexity index is 490. The highest BCUT2D eigenvalue weighted by molar-refractivity contribution is 5.18. The van der Waals surface area contributed by atoms with Crippen molar-refractivity contribution in [1.29, 1.82) is 0 Å². The van der Waals surface area contributed by atoms with E-state index in [0.717, 1.165) is 11.5 Å². The van der Waals surface area contributed by atoms with Crippen molar-refractivity contribution in [2.75, 3.05) is 0 Å². The lowest BCUT2D eigenvalue weighted by atomic mass is 10.1. The molecule has 0 spiro atoms. The zero-order valence-electron chi connectivity index (χ0n) is 10.7. The van der Waals surface area contributed by atoms with Crippen LogP contribution in [0.5, 0.6) is 0 Å². The number of aromatic nitrogens is 5. The number of hydrogen-bond donors (Lipinski definition) is 1. The first-order valence-corrected chi connectivity index (χ1v) is 5.60. The number of hydrogen-bond acceptors (Lipinski definition) is 4. The Morgan fingerprint density at radius 3 is 2.71 bits per heavy atom. The first-order chi connectivity index (χ1) is 7.94. The van der Waals surface area contributed by atoms with Crippen molar-refractivity contribution in [3.05, 3.63) is 24.2 Å². The molecule has 0 unspecified atom stereocenters. The summed E-state index contributed by atoms with van der Waals surface area (Å²) in [6.07, 6.45) is 3.77. The fraction of sp³-hybridized carbons (Fsp3) is 0.545. The third-order valence-corrected chi connectivity index (χ3v) is 2.27. The predicted octanol–water partition coefficient (Wildman–Crippen LogP) is 0.889. The Kier molecular flexibility index (Phi) is 2.97. The van der Waals surface area contributed by atoms with E-state index in [9.17, 15) is 0 Å². The van der Waals surface area contributed by atoms with Gasteiger partial charge in [0, 0.05) is 31.4 Å². The molecule has 0 radical (unpaired) electrons. The molecule has 2 heterocycles. The number of nitrogens with zero attached hydrogens (tertiary/aromatic N) is 5. The van der Waals surface area contributed by atoms with Crippen molar-refractivity contribution < 1.29 is 0 Å². The van der Waals surface area contributed by atoms with Gasteiger partial charge in [-0.25, -0.2) is 4.68 Å². The van der Waals surface area contributed by atoms with Crippen LogP contribution in [-0.4, -0.2) is 30.3 Å². The molecule has 0 saturated carbocycles. The van der Waals surface area contributed by atoms with E-state index < -0.39 is 0 Å². The molecule has 0 aliphatic carbocycles. The molecule has 0 atom stereocenters. The molecule has 0 amide bonds. The molecule has 2 aromatic rings. The average molecular weight is 234 g/mol. The predicted molar refractivity (Wildman–Crippen MR) is 64.7 cm³/mol. The normalized spacial score (nSPS) is 12.0. The second-order valence-corrected chi connectivity index (χ2v) is 5.11. The molecule has 1 N–H and O–H groups in total. The third kappa shape index (κ3) is 3.13. The molecular weight excluding hydrogens is 216 g/mol. The summed E-state index contributed by atoms with van der Waals surface area (Å²) >= 11 is 0. The monoisotopic (exact) mass is 234 g/mol. The summed E-state index contributed by atoms with van der Waals surface area (Å²) in [7, 11) is 1.88. The van der Waals surface area contributed by atoms with Crippen LogP contribution >= 0.6 is 0 Å². The largest absolute Gasteiger partial charge is 0.306 e. The summed E-state index contributed by atoms with van der Waals surface area (Å²) in [4.78, 5) is 0. The maximum Gasteiger partial charge on any atom is 0.176 e. The molecule has 0 aliphatic rings. The Morgan fingerprint density at radius 2 is 2.12 bits per heavy atom. The van der Waals surface area contributed by atoms with Crippen molar-refractivity contribution >= 4 is 0 Å². The van der Waals surface area contributed by atoms with Gasteiger partial charge in [0.05, 0.1) is 11.9 Å². The highest BCUT2D eigenvalue weighted by Gasteiger charge is 2.10. The van der Waals surface area contributed by atoms with Gasteiger partial charge in [0.1, 0.15) is 0 Å². The third-order valence-electron chi connectivity index (χ3n) is 2.27. The molecule has 0 fully saturated rings. The minimum absolute atomic E-state index is 0.0782. The first-order valence-electron chi connectivity index (χ1n) is 5.60. The SMILES string of the molecule is Cn1ccc(-n2cc(CNC(C)(C)C)nn2)n1. The van der Waals surface area contributed by atoms with Crippen molar-refractivity contribution in [2.24, 2.45) is 7.05 Å². The highest BCUT2D eigenvalue weighted by Crippen LogP contribution is 2.05. The Hall–Kier alpha value is -1.69. The molecule has 92 valence electrons. The van der Waals surface area contributed by atoms with Gasteiger partial charge < -0.3 is 5.32 Å². The van der Waals surface area contributed by atoms with Crippen LogP contribution in [0.1, 0.15) is 26.5 Å². The van der Waals surface area contributed by atoms with Gasteiger partial charge in [-0.3, -0.25) is 4.68 Å². The van der Waals surface area contributed by atoms with E-state index in [0.29, 0.717) is 6.54 Å². The molecule has 6 heteroatoms. The van der Waals surface area contributed by atoms with Crippen molar-refractivity contribution in [1.82, 2.24) is 30.1 Å². The zero-order valence-corrected chi connectivity index (χ0v) is 10.7. The number of rotatable bonds is 3. The van der Waals surface area contributed by atoms with Gasteiger partial charge in [-0.15, -0.1) is 5.10 Å². The van der Waals surface area contributed by atoms with Crippen molar-refractivity contribution in [2.45, 2.75) is 32.9 Å². The minimum Gasteiger partial charge on any atom is -0.306 e. The van der Waals surface area contributed by atoms with E-state index >= 15 is 0 Å². The van der Waals surface area contributed by atoms with Gasteiger partial charge in [-0.05, 0) is 20.8 Å². The fourth-order valence-electron chi connectivity index (χ4n) is 1.37. The summed E-state index contributed by atoms with van der Waals surface area (Å²) < 4.78 is 3.42. The van der Waals surface area contributed by atoms with Crippen LogP contribution < -0.4 is 5.32 Å². The van der Waals surface area contributed by atoms with E-state index in [1.165, 1.54) is 0 Å². The topological polar surface area (TPSA) is 60.6 Å². The number of nitrogens with one attached hydrogen (secondary N) is 1. The quantitative estimate of drug-likeness (QED) is 0.856. The van der Waals surface area contributed by atoms with Gasteiger partial charge >= 0.3 is 0 Å². The molecule has 2 rings (SSSR count). The highest BCUT2D eigenvalue weighted by atomic mass is 15.5. The summed E-state index contributed by atoms with van der Waals surface area (Å²) in [6.45, 7) is 7.07. The molecule has 6 nitrogen and oxygen atoms in total. The van der Waals surface area contributed by atoms with Gasteiger partial charge in [-0.1, -0.05) is 5.21 Å². The van der Waals surface area contributed by atoms with Crippen molar-refractivity contribution in [3.63, 3.8) is 0 Å².